The number of nitrogens with zero attached hydrogens (tertiary/aromatic N) is 1. The van der Waals surface area contributed by atoms with E-state index >= 15 is 0 Å². The lowest BCUT2D eigenvalue weighted by Gasteiger charge is -2.40. The Hall–Kier alpha value is -2.29. The molecule has 0 radical (unpaired) electrons. The number of carbonyl (C=O) groups excluding carboxylic acids is 1. The molecule has 0 unspecified atom stereocenters. The highest BCUT2D eigenvalue weighted by Crippen LogP contribution is 2.37. The van der Waals surface area contributed by atoms with Crippen molar-refractivity contribution in [3.63, 3.8) is 0 Å². The van der Waals surface area contributed by atoms with Gasteiger partial charge in [0.05, 0.1) is 0 Å². The lowest BCUT2D eigenvalue weighted by molar-refractivity contribution is 0.00820. The van der Waals surface area contributed by atoms with E-state index in [0.29, 0.717) is 29.4 Å². The Kier molecular flexibility index (Phi) is 5.90. The number of aryl methyl sites for hydroxylation is 1. The number of benzene rings is 2. The zero-order valence-corrected chi connectivity index (χ0v) is 20.7. The fourth-order valence-electron chi connectivity index (χ4n) is 3.65. The molecule has 170 valence electrons. The number of hydrogen-bond donors (Lipinski definition) is 1. The first-order valence-electron chi connectivity index (χ1n) is 10.2. The molecule has 6 nitrogen and oxygen atoms in total. The molecule has 4 rings (SSSR count). The number of amides is 1. The maximum atomic E-state index is 13.1. The molecule has 1 aromatic heterocycles. The molecule has 0 spiro atoms. The number of ether oxygens (including phenoxy) is 1. The monoisotopic (exact) mass is 492 g/mol. The van der Waals surface area contributed by atoms with E-state index < -0.39 is 15.6 Å². The third-order valence-corrected chi connectivity index (χ3v) is 8.75. The summed E-state index contributed by atoms with van der Waals surface area (Å²) < 4.78 is 35.5. The second kappa shape index (κ2) is 8.24. The van der Waals surface area contributed by atoms with Crippen molar-refractivity contribution < 1.29 is 17.9 Å². The Morgan fingerprint density at radius 2 is 1.91 bits per heavy atom. The zero-order chi connectivity index (χ0) is 23.3. The van der Waals surface area contributed by atoms with Crippen LogP contribution in [0, 0.1) is 6.92 Å². The molecule has 0 atom stereocenters. The molecular formula is C23H25ClN2O4S2. The van der Waals surface area contributed by atoms with Gasteiger partial charge in [0.1, 0.15) is 9.81 Å². The van der Waals surface area contributed by atoms with Gasteiger partial charge in [-0.1, -0.05) is 23.7 Å². The van der Waals surface area contributed by atoms with Gasteiger partial charge in [-0.3, -0.25) is 4.72 Å². The molecule has 1 saturated heterocycles. The maximum absolute atomic E-state index is 13.1. The zero-order valence-electron chi connectivity index (χ0n) is 18.3. The highest BCUT2D eigenvalue weighted by Gasteiger charge is 2.34. The average molecular weight is 493 g/mol. The highest BCUT2D eigenvalue weighted by atomic mass is 35.5. The van der Waals surface area contributed by atoms with Crippen LogP contribution >= 0.6 is 22.9 Å². The summed E-state index contributed by atoms with van der Waals surface area (Å²) in [5.41, 5.74) is 1.62. The van der Waals surface area contributed by atoms with Crippen LogP contribution < -0.4 is 4.72 Å². The number of halogens is 1. The molecule has 1 fully saturated rings. The van der Waals surface area contributed by atoms with Crippen molar-refractivity contribution in [1.29, 1.82) is 0 Å². The molecule has 1 N–H and O–H groups in total. The van der Waals surface area contributed by atoms with Gasteiger partial charge in [0.25, 0.3) is 10.0 Å². The molecule has 1 aliphatic heterocycles. The topological polar surface area (TPSA) is 75.7 Å². The van der Waals surface area contributed by atoms with Crippen molar-refractivity contribution in [2.75, 3.05) is 17.8 Å². The second-order valence-electron chi connectivity index (χ2n) is 8.97. The first-order valence-corrected chi connectivity index (χ1v) is 12.9. The van der Waals surface area contributed by atoms with Crippen molar-refractivity contribution in [1.82, 2.24) is 4.90 Å². The Morgan fingerprint density at radius 1 is 1.19 bits per heavy atom. The molecular weight excluding hydrogens is 468 g/mol. The molecule has 9 heteroatoms. The number of thiophene rings is 1. The van der Waals surface area contributed by atoms with Crippen molar-refractivity contribution in [3.8, 4) is 0 Å². The number of likely N-dealkylation sites (tertiary alicyclic amines) is 1. The first kappa shape index (κ1) is 22.9. The van der Waals surface area contributed by atoms with Crippen molar-refractivity contribution in [2.45, 2.75) is 43.4 Å². The van der Waals surface area contributed by atoms with Crippen molar-refractivity contribution in [2.24, 2.45) is 0 Å². The van der Waals surface area contributed by atoms with Gasteiger partial charge < -0.3 is 9.64 Å². The molecule has 0 aliphatic carbocycles. The summed E-state index contributed by atoms with van der Waals surface area (Å²) in [6, 6.07) is 12.7. The smallest absolute Gasteiger partial charge is 0.410 e. The largest absolute Gasteiger partial charge is 0.444 e. The van der Waals surface area contributed by atoms with Crippen molar-refractivity contribution >= 4 is 54.8 Å². The lowest BCUT2D eigenvalue weighted by atomic mass is 9.91. The van der Waals surface area contributed by atoms with Gasteiger partial charge >= 0.3 is 6.09 Å². The number of nitrogens with one attached hydrogen (secondary N) is 1. The molecule has 0 saturated carbocycles. The van der Waals surface area contributed by atoms with Crippen LogP contribution in [0.5, 0.6) is 0 Å². The standard InChI is InChI=1S/C23H25ClN2O4S2/c1-14-19-11-17(24)8-9-20(19)31-21(14)32(28,29)25-18-7-5-6-15(10-18)16-12-26(13-16)22(27)30-23(2,3)4/h5-11,16,25H,12-13H2,1-4H3. The maximum Gasteiger partial charge on any atom is 0.410 e. The predicted octanol–water partition coefficient (Wildman–Crippen LogP) is 6.00. The van der Waals surface area contributed by atoms with Crippen molar-refractivity contribution in [3.05, 3.63) is 58.6 Å². The summed E-state index contributed by atoms with van der Waals surface area (Å²) in [7, 11) is -3.75. The van der Waals surface area contributed by atoms with E-state index in [-0.39, 0.29) is 16.2 Å². The van der Waals surface area contributed by atoms with E-state index in [4.69, 9.17) is 16.3 Å². The summed E-state index contributed by atoms with van der Waals surface area (Å²) in [4.78, 5) is 13.8. The Bertz CT molecular complexity index is 1290. The van der Waals surface area contributed by atoms with E-state index in [1.807, 2.05) is 45.0 Å². The van der Waals surface area contributed by atoms with Crippen LogP contribution in [0.4, 0.5) is 10.5 Å². The first-order chi connectivity index (χ1) is 14.9. The van der Waals surface area contributed by atoms with Gasteiger partial charge in [-0.25, -0.2) is 13.2 Å². The van der Waals surface area contributed by atoms with Crippen LogP contribution in [-0.2, 0) is 14.8 Å². The average Bonchev–Trinajstić information content (AvgIpc) is 2.96. The molecule has 2 aromatic carbocycles. The van der Waals surface area contributed by atoms with Crippen LogP contribution in [0.3, 0.4) is 0 Å². The van der Waals surface area contributed by atoms with E-state index in [9.17, 15) is 13.2 Å². The van der Waals surface area contributed by atoms with Crippen LogP contribution in [0.2, 0.25) is 5.02 Å². The molecule has 32 heavy (non-hydrogen) atoms. The van der Waals surface area contributed by atoms with Crippen LogP contribution in [0.25, 0.3) is 10.1 Å². The van der Waals surface area contributed by atoms with E-state index in [1.165, 1.54) is 11.3 Å². The quantitative estimate of drug-likeness (QED) is 0.484. The fourth-order valence-corrected chi connectivity index (χ4v) is 6.62. The number of hydrogen-bond acceptors (Lipinski definition) is 5. The Morgan fingerprint density at radius 3 is 2.59 bits per heavy atom. The summed E-state index contributed by atoms with van der Waals surface area (Å²) in [6.07, 6.45) is -0.328. The molecule has 3 aromatic rings. The summed E-state index contributed by atoms with van der Waals surface area (Å²) >= 11 is 7.30. The van der Waals surface area contributed by atoms with Crippen LogP contribution in [-0.4, -0.2) is 38.1 Å². The fraction of sp³-hybridized carbons (Fsp3) is 0.348. The molecule has 1 amide bonds. The Balaban J connectivity index is 1.49. The minimum atomic E-state index is -3.75. The Labute approximate surface area is 197 Å². The van der Waals surface area contributed by atoms with Gasteiger partial charge in [0, 0.05) is 34.4 Å². The van der Waals surface area contributed by atoms with Crippen LogP contribution in [0.1, 0.15) is 37.8 Å². The number of sulfonamides is 1. The molecule has 2 heterocycles. The SMILES string of the molecule is Cc1c(S(=O)(=O)Nc2cccc(C3CN(C(=O)OC(C)(C)C)C3)c2)sc2ccc(Cl)cc12. The second-order valence-corrected chi connectivity index (χ2v) is 12.3. The van der Waals surface area contributed by atoms with Gasteiger partial charge in [-0.05, 0) is 74.5 Å². The summed E-state index contributed by atoms with van der Waals surface area (Å²) in [6.45, 7) is 8.39. The third-order valence-electron chi connectivity index (χ3n) is 5.24. The minimum absolute atomic E-state index is 0.139. The molecule has 1 aliphatic rings. The van der Waals surface area contributed by atoms with Crippen LogP contribution in [0.15, 0.2) is 46.7 Å². The minimum Gasteiger partial charge on any atom is -0.444 e. The predicted molar refractivity (Wildman–Crippen MR) is 129 cm³/mol. The summed E-state index contributed by atoms with van der Waals surface area (Å²) in [5.74, 6) is 0.139. The third kappa shape index (κ3) is 4.72. The van der Waals surface area contributed by atoms with E-state index in [2.05, 4.69) is 4.72 Å². The van der Waals surface area contributed by atoms with Gasteiger partial charge in [0.15, 0.2) is 0 Å². The van der Waals surface area contributed by atoms with Gasteiger partial charge in [0.2, 0.25) is 0 Å². The molecule has 0 bridgehead atoms. The number of carbonyl (C=O) groups is 1. The number of fused-ring (bicyclic) bond motifs is 1. The normalized spacial score (nSPS) is 15.0. The van der Waals surface area contributed by atoms with E-state index in [1.54, 1.807) is 30.0 Å². The van der Waals surface area contributed by atoms with Gasteiger partial charge in [-0.2, -0.15) is 0 Å². The lowest BCUT2D eigenvalue weighted by Crippen LogP contribution is -2.50. The van der Waals surface area contributed by atoms with E-state index in [0.717, 1.165) is 15.6 Å². The number of anilines is 1. The van der Waals surface area contributed by atoms with Gasteiger partial charge in [-0.15, -0.1) is 11.3 Å². The number of rotatable bonds is 4. The summed E-state index contributed by atoms with van der Waals surface area (Å²) in [5, 5.41) is 1.41. The highest BCUT2D eigenvalue weighted by molar-refractivity contribution is 7.94.